The predicted octanol–water partition coefficient (Wildman–Crippen LogP) is 4.45. The van der Waals surface area contributed by atoms with Crippen molar-refractivity contribution in [3.8, 4) is 0 Å². The van der Waals surface area contributed by atoms with Gasteiger partial charge in [-0.15, -0.1) is 0 Å². The highest BCUT2D eigenvalue weighted by molar-refractivity contribution is 5.93. The maximum Gasteiger partial charge on any atom is 0.245 e. The third-order valence-corrected chi connectivity index (χ3v) is 12.9. The number of carbonyl (C=O) groups excluding carboxylic acids is 6. The van der Waals surface area contributed by atoms with Gasteiger partial charge in [-0.3, -0.25) is 28.8 Å². The molecule has 0 radical (unpaired) electrons. The molecule has 352 valence electrons. The number of ether oxygens (including phenoxy) is 2. The van der Waals surface area contributed by atoms with E-state index in [0.29, 0.717) is 44.2 Å². The number of rotatable bonds is 26. The average molecular weight is 873 g/mol. The van der Waals surface area contributed by atoms with Gasteiger partial charge >= 0.3 is 0 Å². The zero-order valence-corrected chi connectivity index (χ0v) is 39.9. The summed E-state index contributed by atoms with van der Waals surface area (Å²) >= 11 is 0. The monoisotopic (exact) mass is 873 g/mol. The fraction of sp³-hybridized carbons (Fsp3) is 0.745. The van der Waals surface area contributed by atoms with Crippen LogP contribution in [0, 0.1) is 29.6 Å². The summed E-state index contributed by atoms with van der Waals surface area (Å²) in [6.07, 6.45) is 1.83. The van der Waals surface area contributed by atoms with E-state index in [1.54, 1.807) is 56.8 Å². The van der Waals surface area contributed by atoms with Crippen LogP contribution < -0.4 is 16.4 Å². The molecule has 0 aromatic heterocycles. The van der Waals surface area contributed by atoms with E-state index in [4.69, 9.17) is 15.2 Å². The molecule has 6 amide bonds. The van der Waals surface area contributed by atoms with Gasteiger partial charge in [0.15, 0.2) is 0 Å². The molecule has 1 heterocycles. The minimum absolute atomic E-state index is 0.0291. The fourth-order valence-corrected chi connectivity index (χ4v) is 8.94. The Morgan fingerprint density at radius 2 is 1.48 bits per heavy atom. The quantitative estimate of drug-likeness (QED) is 0.0972. The van der Waals surface area contributed by atoms with Crippen LogP contribution in [0.4, 0.5) is 0 Å². The molecule has 1 aliphatic rings. The van der Waals surface area contributed by atoms with E-state index in [1.165, 1.54) is 19.1 Å². The Kier molecular flexibility index (Phi) is 22.6. The van der Waals surface area contributed by atoms with Crippen molar-refractivity contribution in [1.82, 2.24) is 25.3 Å². The zero-order valence-electron chi connectivity index (χ0n) is 39.9. The highest BCUT2D eigenvalue weighted by Gasteiger charge is 2.43. The lowest BCUT2D eigenvalue weighted by Gasteiger charge is -2.41. The third-order valence-electron chi connectivity index (χ3n) is 12.9. The average Bonchev–Trinajstić information content (AvgIpc) is 3.72. The Bertz CT molecular complexity index is 1590. The van der Waals surface area contributed by atoms with Gasteiger partial charge in [-0.1, -0.05) is 98.6 Å². The van der Waals surface area contributed by atoms with Crippen LogP contribution in [0.2, 0.25) is 0 Å². The molecule has 15 heteroatoms. The van der Waals surface area contributed by atoms with E-state index in [9.17, 15) is 33.9 Å². The largest absolute Gasteiger partial charge is 0.386 e. The summed E-state index contributed by atoms with van der Waals surface area (Å²) in [5.74, 6) is -3.52. The highest BCUT2D eigenvalue weighted by atomic mass is 16.5. The van der Waals surface area contributed by atoms with E-state index in [0.717, 1.165) is 6.42 Å². The number of carbonyl (C=O) groups is 6. The molecule has 5 N–H and O–H groups in total. The molecular formula is C47H80N6O9. The van der Waals surface area contributed by atoms with E-state index < -0.39 is 54.3 Å². The Hall–Kier alpha value is -4.08. The van der Waals surface area contributed by atoms with Crippen molar-refractivity contribution in [2.75, 3.05) is 34.9 Å². The van der Waals surface area contributed by atoms with Crippen LogP contribution in [0.1, 0.15) is 125 Å². The summed E-state index contributed by atoms with van der Waals surface area (Å²) in [7, 11) is 6.36. The molecular weight excluding hydrogens is 793 g/mol. The van der Waals surface area contributed by atoms with Gasteiger partial charge in [-0.25, -0.2) is 0 Å². The fourth-order valence-electron chi connectivity index (χ4n) is 8.94. The van der Waals surface area contributed by atoms with Crippen molar-refractivity contribution in [3.05, 3.63) is 35.9 Å². The summed E-state index contributed by atoms with van der Waals surface area (Å²) < 4.78 is 12.0. The summed E-state index contributed by atoms with van der Waals surface area (Å²) in [5, 5.41) is 16.8. The second kappa shape index (κ2) is 25.9. The number of nitrogens with two attached hydrogens (primary N) is 1. The van der Waals surface area contributed by atoms with Crippen molar-refractivity contribution in [3.63, 3.8) is 0 Å². The normalized spacial score (nSPS) is 19.0. The number of nitrogens with one attached hydrogen (secondary N) is 2. The zero-order chi connectivity index (χ0) is 47.0. The van der Waals surface area contributed by atoms with Gasteiger partial charge in [0.1, 0.15) is 12.1 Å². The molecule has 15 nitrogen and oxygen atoms in total. The number of amides is 6. The predicted molar refractivity (Wildman–Crippen MR) is 240 cm³/mol. The molecule has 1 aliphatic heterocycles. The number of benzene rings is 1. The van der Waals surface area contributed by atoms with E-state index in [2.05, 4.69) is 10.6 Å². The van der Waals surface area contributed by atoms with E-state index >= 15 is 0 Å². The Balaban J connectivity index is 2.26. The van der Waals surface area contributed by atoms with Crippen molar-refractivity contribution < 1.29 is 43.3 Å². The summed E-state index contributed by atoms with van der Waals surface area (Å²) in [6, 6.07) is 5.87. The first-order chi connectivity index (χ1) is 29.1. The van der Waals surface area contributed by atoms with Gasteiger partial charge < -0.3 is 45.6 Å². The molecule has 1 saturated heterocycles. The molecule has 0 bridgehead atoms. The number of hydrogen-bond donors (Lipinski definition) is 4. The number of aliphatic hydroxyl groups is 1. The number of aliphatic hydroxyl groups excluding tert-OH is 1. The van der Waals surface area contributed by atoms with Gasteiger partial charge in [0.05, 0.1) is 48.8 Å². The second-order valence-electron chi connectivity index (χ2n) is 18.2. The number of methoxy groups -OCH3 is 2. The van der Waals surface area contributed by atoms with Crippen LogP contribution in [-0.2, 0) is 38.2 Å². The summed E-state index contributed by atoms with van der Waals surface area (Å²) in [6.45, 7) is 17.2. The van der Waals surface area contributed by atoms with Crippen LogP contribution >= 0.6 is 0 Å². The maximum atomic E-state index is 14.5. The topological polar surface area (TPSA) is 201 Å². The number of unbranched alkanes of at least 4 members (excludes halogenated alkanes) is 1. The number of hydrogen-bond acceptors (Lipinski definition) is 9. The third kappa shape index (κ3) is 14.8. The lowest BCUT2D eigenvalue weighted by molar-refractivity contribution is -0.149. The van der Waals surface area contributed by atoms with Crippen LogP contribution in [0.15, 0.2) is 30.3 Å². The standard InChI is InChI=1S/C47H80N6O9/c1-14-30(6)41(52(11)47(60)39(28(2)3)50-45(58)40(29(4)5)51(10)46(59)31(7)21-18-19-25-37(48)54)36(61-12)27-38(55)53-26-20-24-35(53)43(62-13)32(8)44(57)49-33(9)42(56)34-22-16-15-17-23-34/h15-17,22-23,28-33,35-36,39-43,56H,14,18-21,24-27H2,1-13H3,(H2,48,54)(H,49,57)(H,50,58)/t30-,31-,32+,33-,35+,36+,39-,40+,41?,42-,43-/m0/s1. The first-order valence-electron chi connectivity index (χ1n) is 22.6. The van der Waals surface area contributed by atoms with E-state index in [-0.39, 0.29) is 72.1 Å². The van der Waals surface area contributed by atoms with Crippen molar-refractivity contribution in [2.24, 2.45) is 35.3 Å². The molecule has 2 rings (SSSR count). The molecule has 0 saturated carbocycles. The molecule has 0 aliphatic carbocycles. The van der Waals surface area contributed by atoms with Crippen molar-refractivity contribution in [2.45, 2.75) is 162 Å². The molecule has 1 unspecified atom stereocenters. The molecule has 1 fully saturated rings. The number of likely N-dealkylation sites (N-methyl/N-ethyl adjacent to an activating group) is 2. The smallest absolute Gasteiger partial charge is 0.245 e. The minimum Gasteiger partial charge on any atom is -0.386 e. The van der Waals surface area contributed by atoms with Crippen molar-refractivity contribution in [1.29, 1.82) is 0 Å². The van der Waals surface area contributed by atoms with Crippen LogP contribution in [0.3, 0.4) is 0 Å². The number of likely N-dealkylation sites (tertiary alicyclic amines) is 1. The molecule has 0 spiro atoms. The Morgan fingerprint density at radius 1 is 0.855 bits per heavy atom. The first-order valence-corrected chi connectivity index (χ1v) is 22.6. The van der Waals surface area contributed by atoms with Gasteiger partial charge in [0.25, 0.3) is 0 Å². The van der Waals surface area contributed by atoms with Crippen molar-refractivity contribution >= 4 is 35.4 Å². The number of primary amides is 1. The lowest BCUT2D eigenvalue weighted by Crippen LogP contribution is -2.60. The maximum absolute atomic E-state index is 14.5. The minimum atomic E-state index is -0.933. The van der Waals surface area contributed by atoms with Gasteiger partial charge in [-0.2, -0.15) is 0 Å². The Labute approximate surface area is 371 Å². The molecule has 62 heavy (non-hydrogen) atoms. The molecule has 11 atom stereocenters. The van der Waals surface area contributed by atoms with Gasteiger partial charge in [0.2, 0.25) is 35.4 Å². The SMILES string of the molecule is CC[C@H](C)C([C@@H](CC(=O)N1CCC[C@@H]1[C@@H](OC)[C@@H](C)C(=O)N[C@@H](C)[C@H](O)c1ccccc1)OC)N(C)C(=O)[C@@H](NC(=O)[C@@H](C(C)C)N(C)C(=O)[C@@H](C)CCCCC(N)=O)C(C)C. The first kappa shape index (κ1) is 54.1. The molecule has 1 aromatic carbocycles. The van der Waals surface area contributed by atoms with E-state index in [1.807, 2.05) is 59.7 Å². The highest BCUT2D eigenvalue weighted by Crippen LogP contribution is 2.30. The van der Waals surface area contributed by atoms with Crippen LogP contribution in [-0.4, -0.2) is 133 Å². The number of nitrogens with zero attached hydrogens (tertiary/aromatic N) is 3. The molecule has 1 aromatic rings. The van der Waals surface area contributed by atoms with Crippen LogP contribution in [0.25, 0.3) is 0 Å². The summed E-state index contributed by atoms with van der Waals surface area (Å²) in [4.78, 5) is 86.0. The summed E-state index contributed by atoms with van der Waals surface area (Å²) in [5.41, 5.74) is 5.95. The second-order valence-corrected chi connectivity index (χ2v) is 18.2. The van der Waals surface area contributed by atoms with Gasteiger partial charge in [-0.05, 0) is 55.9 Å². The lowest BCUT2D eigenvalue weighted by atomic mass is 9.89. The van der Waals surface area contributed by atoms with Crippen LogP contribution in [0.5, 0.6) is 0 Å². The van der Waals surface area contributed by atoms with Gasteiger partial charge in [0, 0.05) is 47.2 Å². The Morgan fingerprint density at radius 3 is 2.02 bits per heavy atom.